The molecule has 0 fully saturated rings. The van der Waals surface area contributed by atoms with Crippen LogP contribution in [-0.2, 0) is 20.3 Å². The number of hydrogen-bond donors (Lipinski definition) is 2. The molecule has 3 unspecified atom stereocenters. The summed E-state index contributed by atoms with van der Waals surface area (Å²) in [6.45, 7) is 9.53. The van der Waals surface area contributed by atoms with Crippen molar-refractivity contribution < 1.29 is 18.5 Å². The largest absolute Gasteiger partial charge is 0.444 e. The van der Waals surface area contributed by atoms with Gasteiger partial charge >= 0.3 is 6.09 Å². The first-order valence-electron chi connectivity index (χ1n) is 8.17. The van der Waals surface area contributed by atoms with Gasteiger partial charge in [-0.15, -0.1) is 0 Å². The molecule has 0 radical (unpaired) electrons. The Morgan fingerprint density at radius 2 is 1.87 bits per heavy atom. The Balaban J connectivity index is 3.91. The van der Waals surface area contributed by atoms with Gasteiger partial charge in [0.25, 0.3) is 0 Å². The summed E-state index contributed by atoms with van der Waals surface area (Å²) >= 11 is 0. The van der Waals surface area contributed by atoms with Gasteiger partial charge in [0.15, 0.2) is 0 Å². The molecular weight excluding hydrogens is 316 g/mol. The Hall–Kier alpha value is -0.660. The molecule has 6 nitrogen and oxygen atoms in total. The second kappa shape index (κ2) is 11.8. The summed E-state index contributed by atoms with van der Waals surface area (Å²) in [7, 11) is 0.896. The van der Waals surface area contributed by atoms with Crippen LogP contribution < -0.4 is 10.6 Å². The molecule has 0 aliphatic heterocycles. The standard InChI is InChI=1S/C16H34N2O4S/c1-13(23(6)20)9-11-17-14(12-21-5)8-7-10-18-15(19)22-16(2,3)4/h13-14,17H,7-12H2,1-6H3,(H,18,19). The molecule has 0 bridgehead atoms. The number of amides is 1. The highest BCUT2D eigenvalue weighted by atomic mass is 32.2. The average Bonchev–Trinajstić information content (AvgIpc) is 2.41. The van der Waals surface area contributed by atoms with Crippen molar-refractivity contribution >= 4 is 16.9 Å². The molecule has 0 aliphatic rings. The van der Waals surface area contributed by atoms with Gasteiger partial charge in [0.05, 0.1) is 6.61 Å². The lowest BCUT2D eigenvalue weighted by Crippen LogP contribution is -2.37. The predicted octanol–water partition coefficient (Wildman–Crippen LogP) is 2.05. The average molecular weight is 351 g/mol. The molecule has 0 saturated carbocycles. The summed E-state index contributed by atoms with van der Waals surface area (Å²) in [6, 6.07) is 0.234. The van der Waals surface area contributed by atoms with Gasteiger partial charge in [-0.05, 0) is 46.6 Å². The zero-order valence-corrected chi connectivity index (χ0v) is 16.3. The molecule has 0 aliphatic carbocycles. The van der Waals surface area contributed by atoms with E-state index in [1.807, 2.05) is 27.7 Å². The second-order valence-corrected chi connectivity index (χ2v) is 8.58. The SMILES string of the molecule is COCC(CCCNC(=O)OC(C)(C)C)NCCC(C)S(C)=O. The van der Waals surface area contributed by atoms with E-state index in [0.29, 0.717) is 13.2 Å². The maximum Gasteiger partial charge on any atom is 0.407 e. The van der Waals surface area contributed by atoms with Crippen molar-refractivity contribution in [3.05, 3.63) is 0 Å². The zero-order chi connectivity index (χ0) is 17.9. The fourth-order valence-electron chi connectivity index (χ4n) is 1.96. The van der Waals surface area contributed by atoms with Crippen LogP contribution in [0.5, 0.6) is 0 Å². The van der Waals surface area contributed by atoms with E-state index >= 15 is 0 Å². The van der Waals surface area contributed by atoms with Crippen molar-refractivity contribution in [3.63, 3.8) is 0 Å². The van der Waals surface area contributed by atoms with Crippen molar-refractivity contribution in [2.75, 3.05) is 33.1 Å². The van der Waals surface area contributed by atoms with E-state index in [0.717, 1.165) is 25.8 Å². The first-order valence-corrected chi connectivity index (χ1v) is 9.79. The van der Waals surface area contributed by atoms with E-state index < -0.39 is 16.4 Å². The number of hydrogen-bond acceptors (Lipinski definition) is 5. The first-order chi connectivity index (χ1) is 10.7. The van der Waals surface area contributed by atoms with Crippen LogP contribution in [0.3, 0.4) is 0 Å². The highest BCUT2D eigenvalue weighted by molar-refractivity contribution is 7.84. The smallest absolute Gasteiger partial charge is 0.407 e. The van der Waals surface area contributed by atoms with E-state index in [-0.39, 0.29) is 17.4 Å². The fourth-order valence-corrected chi connectivity index (χ4v) is 2.41. The summed E-state index contributed by atoms with van der Waals surface area (Å²) in [4.78, 5) is 11.5. The third-order valence-electron chi connectivity index (χ3n) is 3.32. The summed E-state index contributed by atoms with van der Waals surface area (Å²) in [5, 5.41) is 6.38. The molecule has 0 heterocycles. The minimum atomic E-state index is -0.782. The Morgan fingerprint density at radius 1 is 1.22 bits per heavy atom. The minimum Gasteiger partial charge on any atom is -0.444 e. The van der Waals surface area contributed by atoms with Crippen LogP contribution in [0.15, 0.2) is 0 Å². The van der Waals surface area contributed by atoms with Crippen LogP contribution in [0.4, 0.5) is 4.79 Å². The van der Waals surface area contributed by atoms with Crippen molar-refractivity contribution in [3.8, 4) is 0 Å². The minimum absolute atomic E-state index is 0.194. The second-order valence-electron chi connectivity index (χ2n) is 6.78. The quantitative estimate of drug-likeness (QED) is 0.558. The van der Waals surface area contributed by atoms with Gasteiger partial charge in [0.1, 0.15) is 5.60 Å². The third kappa shape index (κ3) is 13.5. The van der Waals surface area contributed by atoms with Crippen LogP contribution in [0, 0.1) is 0 Å². The maximum absolute atomic E-state index is 11.5. The van der Waals surface area contributed by atoms with Gasteiger partial charge in [0.2, 0.25) is 0 Å². The number of carbonyl (C=O) groups is 1. The van der Waals surface area contributed by atoms with Gasteiger partial charge in [-0.2, -0.15) is 0 Å². The maximum atomic E-state index is 11.5. The van der Waals surface area contributed by atoms with Gasteiger partial charge in [-0.1, -0.05) is 6.92 Å². The Labute approximate surface area is 143 Å². The summed E-state index contributed by atoms with van der Waals surface area (Å²) in [5.74, 6) is 0. The van der Waals surface area contributed by atoms with Crippen LogP contribution in [0.25, 0.3) is 0 Å². The number of alkyl carbamates (subject to hydrolysis) is 1. The van der Waals surface area contributed by atoms with Crippen molar-refractivity contribution in [1.29, 1.82) is 0 Å². The molecule has 0 aromatic rings. The molecular formula is C16H34N2O4S. The number of rotatable bonds is 11. The lowest BCUT2D eigenvalue weighted by atomic mass is 10.1. The van der Waals surface area contributed by atoms with Crippen LogP contribution in [0.1, 0.15) is 47.0 Å². The number of nitrogens with one attached hydrogen (secondary N) is 2. The highest BCUT2D eigenvalue weighted by Gasteiger charge is 2.16. The lowest BCUT2D eigenvalue weighted by molar-refractivity contribution is 0.0526. The predicted molar refractivity (Wildman–Crippen MR) is 95.3 cm³/mol. The summed E-state index contributed by atoms with van der Waals surface area (Å²) in [6.07, 6.45) is 3.97. The van der Waals surface area contributed by atoms with E-state index in [1.165, 1.54) is 0 Å². The zero-order valence-electron chi connectivity index (χ0n) is 15.4. The molecule has 23 heavy (non-hydrogen) atoms. The highest BCUT2D eigenvalue weighted by Crippen LogP contribution is 2.06. The normalized spacial score (nSPS) is 15.7. The van der Waals surface area contributed by atoms with Crippen molar-refractivity contribution in [2.24, 2.45) is 0 Å². The van der Waals surface area contributed by atoms with E-state index in [9.17, 15) is 9.00 Å². The van der Waals surface area contributed by atoms with Crippen LogP contribution in [0.2, 0.25) is 0 Å². The summed E-state index contributed by atoms with van der Waals surface area (Å²) < 4.78 is 21.7. The topological polar surface area (TPSA) is 76.7 Å². The monoisotopic (exact) mass is 350 g/mol. The van der Waals surface area contributed by atoms with E-state index in [1.54, 1.807) is 13.4 Å². The summed E-state index contributed by atoms with van der Waals surface area (Å²) in [5.41, 5.74) is -0.472. The number of carbonyl (C=O) groups excluding carboxylic acids is 1. The molecule has 0 aromatic carbocycles. The van der Waals surface area contributed by atoms with Gasteiger partial charge in [-0.3, -0.25) is 4.21 Å². The van der Waals surface area contributed by atoms with Crippen LogP contribution in [-0.4, -0.2) is 60.3 Å². The third-order valence-corrected chi connectivity index (χ3v) is 4.68. The Bertz CT molecular complexity index is 358. The van der Waals surface area contributed by atoms with E-state index in [2.05, 4.69) is 10.6 Å². The molecule has 2 N–H and O–H groups in total. The molecule has 7 heteroatoms. The Kier molecular flexibility index (Phi) is 11.5. The molecule has 1 amide bonds. The van der Waals surface area contributed by atoms with Crippen LogP contribution >= 0.6 is 0 Å². The van der Waals surface area contributed by atoms with Gasteiger partial charge < -0.3 is 20.1 Å². The Morgan fingerprint density at radius 3 is 2.39 bits per heavy atom. The molecule has 0 saturated heterocycles. The number of ether oxygens (including phenoxy) is 2. The lowest BCUT2D eigenvalue weighted by Gasteiger charge is -2.21. The molecule has 0 aromatic heterocycles. The first kappa shape index (κ1) is 22.3. The molecule has 138 valence electrons. The fraction of sp³-hybridized carbons (Fsp3) is 0.938. The molecule has 3 atom stereocenters. The van der Waals surface area contributed by atoms with Gasteiger partial charge in [-0.25, -0.2) is 4.79 Å². The van der Waals surface area contributed by atoms with Crippen molar-refractivity contribution in [2.45, 2.75) is 63.9 Å². The van der Waals surface area contributed by atoms with Crippen molar-refractivity contribution in [1.82, 2.24) is 10.6 Å². The number of methoxy groups -OCH3 is 1. The molecule has 0 spiro atoms. The van der Waals surface area contributed by atoms with Gasteiger partial charge in [0, 0.05) is 42.0 Å². The molecule has 0 rings (SSSR count). The van der Waals surface area contributed by atoms with E-state index in [4.69, 9.17) is 9.47 Å².